The van der Waals surface area contributed by atoms with Crippen LogP contribution < -0.4 is 0 Å². The summed E-state index contributed by atoms with van der Waals surface area (Å²) in [6, 6.07) is 4.57. The number of alkyl halides is 3. The lowest BCUT2D eigenvalue weighted by atomic mass is 9.81. The zero-order chi connectivity index (χ0) is 17.9. The van der Waals surface area contributed by atoms with E-state index < -0.39 is 35.2 Å². The molecule has 1 aliphatic carbocycles. The van der Waals surface area contributed by atoms with Crippen molar-refractivity contribution in [2.75, 3.05) is 5.75 Å². The first-order valence-corrected chi connectivity index (χ1v) is 9.16. The molecule has 8 heteroatoms. The number of rotatable bonds is 5. The highest BCUT2D eigenvalue weighted by Gasteiger charge is 2.37. The number of halogens is 4. The van der Waals surface area contributed by atoms with Crippen LogP contribution in [0.4, 0.5) is 13.2 Å². The number of benzene rings is 1. The Labute approximate surface area is 149 Å². The summed E-state index contributed by atoms with van der Waals surface area (Å²) in [4.78, 5) is 36.5. The summed E-state index contributed by atoms with van der Waals surface area (Å²) in [5.41, 5.74) is 0.524. The van der Waals surface area contributed by atoms with Crippen LogP contribution in [0.3, 0.4) is 0 Å². The second kappa shape index (κ2) is 7.82. The largest absolute Gasteiger partial charge is 0.397 e. The SMILES string of the molecule is O=C1CCCC(=O)C1C(=O)c1ccc(Br)cc1CSCC(F)(F)F. The van der Waals surface area contributed by atoms with Crippen molar-refractivity contribution in [1.82, 2.24) is 0 Å². The summed E-state index contributed by atoms with van der Waals surface area (Å²) < 4.78 is 37.5. The quantitative estimate of drug-likeness (QED) is 0.522. The van der Waals surface area contributed by atoms with E-state index in [1.807, 2.05) is 0 Å². The van der Waals surface area contributed by atoms with Gasteiger partial charge in [-0.2, -0.15) is 13.2 Å². The van der Waals surface area contributed by atoms with E-state index in [9.17, 15) is 27.6 Å². The molecule has 0 saturated heterocycles. The lowest BCUT2D eigenvalue weighted by Gasteiger charge is -2.19. The van der Waals surface area contributed by atoms with Gasteiger partial charge in [0.15, 0.2) is 17.3 Å². The molecule has 0 unspecified atom stereocenters. The van der Waals surface area contributed by atoms with E-state index in [-0.39, 0.29) is 24.2 Å². The molecular weight excluding hydrogens is 409 g/mol. The summed E-state index contributed by atoms with van der Waals surface area (Å²) in [5.74, 6) is -3.81. The Morgan fingerprint density at radius 3 is 2.42 bits per heavy atom. The molecule has 0 spiro atoms. The standard InChI is InChI=1S/C16H14BrF3O3S/c17-10-4-5-11(9(6-10)7-24-8-16(18,19)20)15(23)14-12(21)2-1-3-13(14)22/h4-6,14H,1-3,7-8H2. The van der Waals surface area contributed by atoms with Gasteiger partial charge >= 0.3 is 6.18 Å². The molecule has 1 fully saturated rings. The smallest absolute Gasteiger partial charge is 0.298 e. The van der Waals surface area contributed by atoms with Gasteiger partial charge < -0.3 is 0 Å². The molecular formula is C16H14BrF3O3S. The third kappa shape index (κ3) is 4.92. The van der Waals surface area contributed by atoms with E-state index in [0.29, 0.717) is 28.2 Å². The third-order valence-electron chi connectivity index (χ3n) is 3.61. The fraction of sp³-hybridized carbons (Fsp3) is 0.438. The maximum Gasteiger partial charge on any atom is 0.397 e. The average molecular weight is 423 g/mol. The maximum absolute atomic E-state index is 12.6. The molecule has 2 rings (SSSR count). The Morgan fingerprint density at radius 2 is 1.83 bits per heavy atom. The molecule has 24 heavy (non-hydrogen) atoms. The Hall–Kier alpha value is -1.15. The molecule has 1 aromatic carbocycles. The van der Waals surface area contributed by atoms with Gasteiger partial charge in [-0.3, -0.25) is 14.4 Å². The molecule has 0 radical (unpaired) electrons. The molecule has 3 nitrogen and oxygen atoms in total. The molecule has 1 aromatic rings. The number of Topliss-reactive ketones (excluding diaryl/α,β-unsaturated/α-hetero) is 3. The van der Waals surface area contributed by atoms with Gasteiger partial charge in [0.2, 0.25) is 0 Å². The van der Waals surface area contributed by atoms with Crippen molar-refractivity contribution in [3.8, 4) is 0 Å². The van der Waals surface area contributed by atoms with Crippen molar-refractivity contribution in [2.24, 2.45) is 5.92 Å². The Kier molecular flexibility index (Phi) is 6.25. The van der Waals surface area contributed by atoms with Gasteiger partial charge in [0, 0.05) is 28.6 Å². The number of carbonyl (C=O) groups excluding carboxylic acids is 3. The predicted octanol–water partition coefficient (Wildman–Crippen LogP) is 4.37. The average Bonchev–Trinajstić information content (AvgIpc) is 2.45. The molecule has 0 amide bonds. The van der Waals surface area contributed by atoms with Crippen LogP contribution in [0, 0.1) is 5.92 Å². The van der Waals surface area contributed by atoms with E-state index in [1.54, 1.807) is 12.1 Å². The van der Waals surface area contributed by atoms with Crippen molar-refractivity contribution < 1.29 is 27.6 Å². The highest BCUT2D eigenvalue weighted by Crippen LogP contribution is 2.29. The van der Waals surface area contributed by atoms with E-state index in [1.165, 1.54) is 6.07 Å². The van der Waals surface area contributed by atoms with E-state index in [2.05, 4.69) is 15.9 Å². The first-order chi connectivity index (χ1) is 11.2. The van der Waals surface area contributed by atoms with Crippen molar-refractivity contribution in [3.05, 3.63) is 33.8 Å². The van der Waals surface area contributed by atoms with Gasteiger partial charge in [-0.1, -0.05) is 15.9 Å². The van der Waals surface area contributed by atoms with Gasteiger partial charge in [0.05, 0.1) is 5.75 Å². The summed E-state index contributed by atoms with van der Waals surface area (Å²) in [6.07, 6.45) is -3.50. The van der Waals surface area contributed by atoms with Crippen molar-refractivity contribution in [1.29, 1.82) is 0 Å². The monoisotopic (exact) mass is 422 g/mol. The molecule has 1 aliphatic rings. The second-order valence-electron chi connectivity index (χ2n) is 5.49. The minimum absolute atomic E-state index is 0.0326. The third-order valence-corrected chi connectivity index (χ3v) is 5.15. The van der Waals surface area contributed by atoms with Crippen molar-refractivity contribution >= 4 is 45.0 Å². The normalized spacial score (nSPS) is 16.5. The summed E-state index contributed by atoms with van der Waals surface area (Å²) in [7, 11) is 0. The molecule has 0 aromatic heterocycles. The Morgan fingerprint density at radius 1 is 1.21 bits per heavy atom. The Balaban J connectivity index is 2.24. The fourth-order valence-electron chi connectivity index (χ4n) is 2.55. The van der Waals surface area contributed by atoms with Gasteiger partial charge in [-0.05, 0) is 30.2 Å². The molecule has 130 valence electrons. The summed E-state index contributed by atoms with van der Waals surface area (Å²) in [6.45, 7) is 0. The number of thioether (sulfide) groups is 1. The lowest BCUT2D eigenvalue weighted by Crippen LogP contribution is -2.35. The number of hydrogen-bond acceptors (Lipinski definition) is 4. The van der Waals surface area contributed by atoms with Crippen LogP contribution in [-0.4, -0.2) is 29.3 Å². The molecule has 0 bridgehead atoms. The second-order valence-corrected chi connectivity index (χ2v) is 7.39. The molecule has 0 atom stereocenters. The lowest BCUT2D eigenvalue weighted by molar-refractivity contribution is -0.133. The van der Waals surface area contributed by atoms with Gasteiger partial charge in [0.1, 0.15) is 5.92 Å². The zero-order valence-corrected chi connectivity index (χ0v) is 14.9. The van der Waals surface area contributed by atoms with Crippen LogP contribution in [0.2, 0.25) is 0 Å². The van der Waals surface area contributed by atoms with Crippen LogP contribution in [0.5, 0.6) is 0 Å². The van der Waals surface area contributed by atoms with Crippen LogP contribution in [-0.2, 0) is 15.3 Å². The first kappa shape index (κ1) is 19.2. The van der Waals surface area contributed by atoms with Crippen LogP contribution in [0.25, 0.3) is 0 Å². The van der Waals surface area contributed by atoms with Crippen molar-refractivity contribution in [3.63, 3.8) is 0 Å². The molecule has 0 heterocycles. The summed E-state index contributed by atoms with van der Waals surface area (Å²) >= 11 is 3.85. The minimum atomic E-state index is -4.30. The van der Waals surface area contributed by atoms with E-state index in [0.717, 1.165) is 0 Å². The first-order valence-electron chi connectivity index (χ1n) is 7.21. The zero-order valence-electron chi connectivity index (χ0n) is 12.5. The molecule has 0 aliphatic heterocycles. The van der Waals surface area contributed by atoms with Crippen LogP contribution >= 0.6 is 27.7 Å². The summed E-state index contributed by atoms with van der Waals surface area (Å²) in [5, 5.41) is 0. The highest BCUT2D eigenvalue weighted by atomic mass is 79.9. The molecule has 0 N–H and O–H groups in total. The number of ketones is 3. The fourth-order valence-corrected chi connectivity index (χ4v) is 3.75. The van der Waals surface area contributed by atoms with E-state index >= 15 is 0 Å². The van der Waals surface area contributed by atoms with Crippen LogP contribution in [0.15, 0.2) is 22.7 Å². The minimum Gasteiger partial charge on any atom is -0.298 e. The number of carbonyl (C=O) groups is 3. The molecule has 1 saturated carbocycles. The van der Waals surface area contributed by atoms with Gasteiger partial charge in [-0.25, -0.2) is 0 Å². The maximum atomic E-state index is 12.6. The predicted molar refractivity (Wildman–Crippen MR) is 88.0 cm³/mol. The Bertz CT molecular complexity index is 657. The number of hydrogen-bond donors (Lipinski definition) is 0. The van der Waals surface area contributed by atoms with Gasteiger partial charge in [-0.15, -0.1) is 11.8 Å². The van der Waals surface area contributed by atoms with Gasteiger partial charge in [0.25, 0.3) is 0 Å². The topological polar surface area (TPSA) is 51.2 Å². The van der Waals surface area contributed by atoms with E-state index in [4.69, 9.17) is 0 Å². The van der Waals surface area contributed by atoms with Crippen molar-refractivity contribution in [2.45, 2.75) is 31.2 Å². The van der Waals surface area contributed by atoms with Crippen LogP contribution in [0.1, 0.15) is 35.2 Å². The highest BCUT2D eigenvalue weighted by molar-refractivity contribution is 9.10.